The molecule has 0 unspecified atom stereocenters. The highest BCUT2D eigenvalue weighted by Gasteiger charge is 2.12. The highest BCUT2D eigenvalue weighted by Crippen LogP contribution is 2.23. The lowest BCUT2D eigenvalue weighted by Gasteiger charge is -2.05. The minimum Gasteiger partial charge on any atom is -0.300 e. The summed E-state index contributed by atoms with van der Waals surface area (Å²) in [5.74, 6) is -0.386. The van der Waals surface area contributed by atoms with Gasteiger partial charge < -0.3 is 4.40 Å². The molecule has 0 N–H and O–H groups in total. The molecule has 0 aliphatic rings. The summed E-state index contributed by atoms with van der Waals surface area (Å²) < 4.78 is 16.6. The Hall–Kier alpha value is -3.21. The molecule has 0 saturated carbocycles. The number of aromatic nitrogens is 3. The van der Waals surface area contributed by atoms with Gasteiger partial charge in [0.2, 0.25) is 5.65 Å². The summed E-state index contributed by atoms with van der Waals surface area (Å²) in [6, 6.07) is 12.1. The fraction of sp³-hybridized carbons (Fsp3) is 0.100. The first-order valence-electron chi connectivity index (χ1n) is 7.97. The Bertz CT molecular complexity index is 1160. The molecule has 0 aliphatic carbocycles. The second-order valence-electron chi connectivity index (χ2n) is 6.13. The van der Waals surface area contributed by atoms with E-state index in [4.69, 9.17) is 0 Å². The summed E-state index contributed by atoms with van der Waals surface area (Å²) in [6.45, 7) is 4.06. The fourth-order valence-corrected chi connectivity index (χ4v) is 3.04. The van der Waals surface area contributed by atoms with Crippen molar-refractivity contribution in [1.82, 2.24) is 14.0 Å². The predicted octanol–water partition coefficient (Wildman–Crippen LogP) is 3.91. The van der Waals surface area contributed by atoms with Gasteiger partial charge in [-0.15, -0.1) is 0 Å². The molecule has 0 bridgehead atoms. The Morgan fingerprint density at radius 1 is 1.04 bits per heavy atom. The third kappa shape index (κ3) is 2.63. The van der Waals surface area contributed by atoms with Crippen molar-refractivity contribution < 1.29 is 4.39 Å². The molecular formula is C20H16FN3O. The number of halogens is 1. The minimum absolute atomic E-state index is 0.288. The molecule has 0 aliphatic heterocycles. The number of fused-ring (bicyclic) bond motifs is 1. The van der Waals surface area contributed by atoms with Crippen LogP contribution in [0.2, 0.25) is 0 Å². The summed E-state index contributed by atoms with van der Waals surface area (Å²) in [4.78, 5) is 17.3. The maximum Gasteiger partial charge on any atom is 0.298 e. The van der Waals surface area contributed by atoms with Crippen LogP contribution in [-0.4, -0.2) is 14.0 Å². The first kappa shape index (κ1) is 15.3. The van der Waals surface area contributed by atoms with Crippen molar-refractivity contribution >= 4 is 5.65 Å². The zero-order chi connectivity index (χ0) is 17.6. The Balaban J connectivity index is 1.90. The normalized spacial score (nSPS) is 11.2. The van der Waals surface area contributed by atoms with Gasteiger partial charge in [-0.2, -0.15) is 0 Å². The Kier molecular flexibility index (Phi) is 3.50. The van der Waals surface area contributed by atoms with Crippen LogP contribution in [0.5, 0.6) is 0 Å². The lowest BCUT2D eigenvalue weighted by atomic mass is 10.0. The van der Waals surface area contributed by atoms with Crippen LogP contribution < -0.4 is 5.56 Å². The third-order valence-electron chi connectivity index (χ3n) is 4.26. The molecule has 25 heavy (non-hydrogen) atoms. The first-order valence-corrected chi connectivity index (χ1v) is 7.97. The van der Waals surface area contributed by atoms with Gasteiger partial charge in [-0.1, -0.05) is 29.8 Å². The molecule has 0 amide bonds. The molecule has 4 nitrogen and oxygen atoms in total. The van der Waals surface area contributed by atoms with Crippen LogP contribution in [0.15, 0.2) is 65.8 Å². The van der Waals surface area contributed by atoms with Crippen molar-refractivity contribution in [2.75, 3.05) is 0 Å². The van der Waals surface area contributed by atoms with Gasteiger partial charge in [0, 0.05) is 24.2 Å². The quantitative estimate of drug-likeness (QED) is 0.558. The van der Waals surface area contributed by atoms with Gasteiger partial charge in [0.05, 0.1) is 11.4 Å². The molecule has 4 rings (SSSR count). The van der Waals surface area contributed by atoms with Crippen LogP contribution in [0.25, 0.3) is 22.6 Å². The Morgan fingerprint density at radius 2 is 1.88 bits per heavy atom. The van der Waals surface area contributed by atoms with Gasteiger partial charge in [-0.05, 0) is 37.6 Å². The van der Waals surface area contributed by atoms with Crippen LogP contribution in [0.4, 0.5) is 4.39 Å². The summed E-state index contributed by atoms with van der Waals surface area (Å²) >= 11 is 0. The van der Waals surface area contributed by atoms with Crippen LogP contribution in [0, 0.1) is 19.7 Å². The maximum absolute atomic E-state index is 13.5. The minimum atomic E-state index is -0.386. The number of hydrogen-bond donors (Lipinski definition) is 0. The highest BCUT2D eigenvalue weighted by molar-refractivity contribution is 5.66. The summed E-state index contributed by atoms with van der Waals surface area (Å²) in [6.07, 6.45) is 5.21. The molecule has 2 aromatic carbocycles. The molecular weight excluding hydrogens is 317 g/mol. The molecule has 0 radical (unpaired) electrons. The Labute approximate surface area is 143 Å². The lowest BCUT2D eigenvalue weighted by molar-refractivity contribution is 0.626. The van der Waals surface area contributed by atoms with Crippen LogP contribution >= 0.6 is 0 Å². The average molecular weight is 333 g/mol. The first-order chi connectivity index (χ1) is 12.0. The van der Waals surface area contributed by atoms with Crippen molar-refractivity contribution in [1.29, 1.82) is 0 Å². The Morgan fingerprint density at radius 3 is 2.64 bits per heavy atom. The molecule has 5 heteroatoms. The second-order valence-corrected chi connectivity index (χ2v) is 6.13. The van der Waals surface area contributed by atoms with Gasteiger partial charge in [0.1, 0.15) is 5.82 Å². The van der Waals surface area contributed by atoms with Gasteiger partial charge in [-0.25, -0.2) is 9.37 Å². The monoisotopic (exact) mass is 333 g/mol. The zero-order valence-electron chi connectivity index (χ0n) is 13.9. The zero-order valence-corrected chi connectivity index (χ0v) is 13.9. The number of imidazole rings is 1. The van der Waals surface area contributed by atoms with E-state index in [-0.39, 0.29) is 11.4 Å². The molecule has 124 valence electrons. The number of hydrogen-bond acceptors (Lipinski definition) is 2. The lowest BCUT2D eigenvalue weighted by Crippen LogP contribution is -2.20. The van der Waals surface area contributed by atoms with E-state index < -0.39 is 0 Å². The van der Waals surface area contributed by atoms with E-state index in [1.807, 2.05) is 32.2 Å². The van der Waals surface area contributed by atoms with Crippen molar-refractivity contribution in [3.63, 3.8) is 0 Å². The van der Waals surface area contributed by atoms with Gasteiger partial charge >= 0.3 is 0 Å². The molecule has 2 aromatic heterocycles. The smallest absolute Gasteiger partial charge is 0.298 e. The fourth-order valence-electron chi connectivity index (χ4n) is 3.04. The SMILES string of the molecule is Cc1ccc(-c2cn3ccn(-c4cccc(F)c4)c(=O)c3n2)c(C)c1. The number of rotatable bonds is 2. The standard InChI is InChI=1S/C20H16FN3O/c1-13-6-7-17(14(2)10-13)18-12-23-8-9-24(20(25)19(23)22-18)16-5-3-4-15(21)11-16/h3-12H,1-2H3. The van der Waals surface area contributed by atoms with Crippen molar-refractivity contribution in [2.45, 2.75) is 13.8 Å². The molecule has 0 atom stereocenters. The molecule has 0 spiro atoms. The van der Waals surface area contributed by atoms with Crippen molar-refractivity contribution in [3.8, 4) is 16.9 Å². The van der Waals surface area contributed by atoms with Gasteiger partial charge in [0.15, 0.2) is 0 Å². The number of benzene rings is 2. The van der Waals surface area contributed by atoms with E-state index >= 15 is 0 Å². The van der Waals surface area contributed by atoms with E-state index in [0.717, 1.165) is 16.8 Å². The average Bonchev–Trinajstić information content (AvgIpc) is 3.00. The van der Waals surface area contributed by atoms with E-state index in [2.05, 4.69) is 11.1 Å². The van der Waals surface area contributed by atoms with E-state index in [1.54, 1.807) is 28.9 Å². The van der Waals surface area contributed by atoms with Crippen LogP contribution in [0.3, 0.4) is 0 Å². The second kappa shape index (κ2) is 5.70. The van der Waals surface area contributed by atoms with Crippen LogP contribution in [-0.2, 0) is 0 Å². The van der Waals surface area contributed by atoms with Gasteiger partial charge in [-0.3, -0.25) is 9.36 Å². The molecule has 2 heterocycles. The summed E-state index contributed by atoms with van der Waals surface area (Å²) in [5, 5.41) is 0. The highest BCUT2D eigenvalue weighted by atomic mass is 19.1. The van der Waals surface area contributed by atoms with E-state index in [9.17, 15) is 9.18 Å². The van der Waals surface area contributed by atoms with E-state index in [0.29, 0.717) is 11.3 Å². The topological polar surface area (TPSA) is 39.3 Å². The predicted molar refractivity (Wildman–Crippen MR) is 95.7 cm³/mol. The van der Waals surface area contributed by atoms with E-state index in [1.165, 1.54) is 22.3 Å². The van der Waals surface area contributed by atoms with Gasteiger partial charge in [0.25, 0.3) is 5.56 Å². The molecule has 4 aromatic rings. The number of nitrogens with zero attached hydrogens (tertiary/aromatic N) is 3. The summed E-state index contributed by atoms with van der Waals surface area (Å²) in [5.41, 5.74) is 4.51. The van der Waals surface area contributed by atoms with Crippen molar-refractivity contribution in [3.05, 3.63) is 88.4 Å². The number of aryl methyl sites for hydroxylation is 2. The molecule has 0 saturated heterocycles. The van der Waals surface area contributed by atoms with Crippen molar-refractivity contribution in [2.24, 2.45) is 0 Å². The largest absolute Gasteiger partial charge is 0.300 e. The summed E-state index contributed by atoms with van der Waals surface area (Å²) in [7, 11) is 0. The molecule has 0 fully saturated rings. The third-order valence-corrected chi connectivity index (χ3v) is 4.26. The maximum atomic E-state index is 13.5. The van der Waals surface area contributed by atoms with Crippen LogP contribution in [0.1, 0.15) is 11.1 Å².